The molecule has 0 bridgehead atoms. The Kier molecular flexibility index (Phi) is 5.11. The van der Waals surface area contributed by atoms with Gasteiger partial charge in [-0.15, -0.1) is 0 Å². The minimum Gasteiger partial charge on any atom is -0.508 e. The predicted octanol–water partition coefficient (Wildman–Crippen LogP) is 3.77. The Bertz CT molecular complexity index is 1290. The lowest BCUT2D eigenvalue weighted by atomic mass is 10.1. The number of hydrogen-bond donors (Lipinski definition) is 3. The molecule has 154 valence electrons. The highest BCUT2D eigenvalue weighted by atomic mass is 32.1. The number of phenolic OH excluding ortho intramolecular Hbond substituents is 1. The van der Waals surface area contributed by atoms with E-state index in [4.69, 9.17) is 0 Å². The Morgan fingerprint density at radius 2 is 1.81 bits per heavy atom. The highest BCUT2D eigenvalue weighted by Crippen LogP contribution is 2.25. The molecule has 0 amide bonds. The van der Waals surface area contributed by atoms with Crippen molar-refractivity contribution in [3.8, 4) is 11.4 Å². The molecule has 0 fully saturated rings. The lowest BCUT2D eigenvalue weighted by molar-refractivity contribution is 0.475. The maximum atomic E-state index is 9.45. The summed E-state index contributed by atoms with van der Waals surface area (Å²) in [6.45, 7) is 0.642. The van der Waals surface area contributed by atoms with Gasteiger partial charge in [0.25, 0.3) is 0 Å². The quantitative estimate of drug-likeness (QED) is 0.358. The molecule has 4 aromatic heterocycles. The lowest BCUT2D eigenvalue weighted by Crippen LogP contribution is -2.10. The largest absolute Gasteiger partial charge is 0.508 e. The molecule has 0 aliphatic carbocycles. The number of benzene rings is 1. The summed E-state index contributed by atoms with van der Waals surface area (Å²) in [5, 5.41) is 19.9. The van der Waals surface area contributed by atoms with E-state index in [9.17, 15) is 5.11 Å². The fourth-order valence-corrected chi connectivity index (χ4v) is 3.74. The second kappa shape index (κ2) is 8.36. The number of aromatic nitrogens is 6. The fraction of sp³-hybridized carbons (Fsp3) is 0.0952. The minimum absolute atomic E-state index is 0.257. The molecule has 5 rings (SSSR count). The van der Waals surface area contributed by atoms with E-state index in [1.165, 1.54) is 0 Å². The van der Waals surface area contributed by atoms with Crippen molar-refractivity contribution >= 4 is 40.2 Å². The van der Waals surface area contributed by atoms with Crippen LogP contribution in [-0.2, 0) is 6.42 Å². The second-order valence-electron chi connectivity index (χ2n) is 6.70. The smallest absolute Gasteiger partial charge is 0.233 e. The molecule has 9 nitrogen and oxygen atoms in total. The van der Waals surface area contributed by atoms with Crippen molar-refractivity contribution in [2.45, 2.75) is 6.42 Å². The van der Waals surface area contributed by atoms with Crippen molar-refractivity contribution in [2.24, 2.45) is 0 Å². The number of thiophene rings is 1. The van der Waals surface area contributed by atoms with Crippen molar-refractivity contribution in [1.29, 1.82) is 0 Å². The van der Waals surface area contributed by atoms with E-state index >= 15 is 0 Å². The summed E-state index contributed by atoms with van der Waals surface area (Å²) in [5.41, 5.74) is 3.45. The normalized spacial score (nSPS) is 11.0. The van der Waals surface area contributed by atoms with Crippen LogP contribution >= 0.6 is 11.3 Å². The average molecular weight is 430 g/mol. The number of aromatic hydroxyl groups is 1. The van der Waals surface area contributed by atoms with E-state index in [1.807, 2.05) is 33.5 Å². The first kappa shape index (κ1) is 18.9. The Morgan fingerprint density at radius 1 is 0.968 bits per heavy atom. The van der Waals surface area contributed by atoms with Crippen LogP contribution in [0.1, 0.15) is 5.56 Å². The average Bonchev–Trinajstić information content (AvgIpc) is 3.46. The number of hydrogen-bond acceptors (Lipinski definition) is 9. The third kappa shape index (κ3) is 4.14. The maximum absolute atomic E-state index is 9.45. The molecule has 5 aromatic rings. The number of rotatable bonds is 7. The van der Waals surface area contributed by atoms with E-state index in [1.54, 1.807) is 48.3 Å². The molecule has 4 heterocycles. The van der Waals surface area contributed by atoms with Crippen LogP contribution in [0.4, 0.5) is 17.7 Å². The van der Waals surface area contributed by atoms with Gasteiger partial charge in [0.15, 0.2) is 17.0 Å². The van der Waals surface area contributed by atoms with Crippen molar-refractivity contribution in [1.82, 2.24) is 29.5 Å². The van der Waals surface area contributed by atoms with Crippen molar-refractivity contribution in [3.63, 3.8) is 0 Å². The standard InChI is InChI=1S/C21H18N8OS/c30-16-4-2-14(3-5-16)6-10-22-18-17-19(29(13-25-17)15-7-11-31-12-15)27-21(26-18)28-20-23-8-1-9-24-20/h1-5,7-9,11-13,30H,6,10H2,(H2,22,23,24,26,27,28). The second-order valence-corrected chi connectivity index (χ2v) is 7.48. The maximum Gasteiger partial charge on any atom is 0.233 e. The van der Waals surface area contributed by atoms with Crippen LogP contribution in [0.2, 0.25) is 0 Å². The summed E-state index contributed by atoms with van der Waals surface area (Å²) in [6, 6.07) is 10.9. The van der Waals surface area contributed by atoms with Crippen LogP contribution in [0.25, 0.3) is 16.9 Å². The molecular formula is C21H18N8OS. The molecule has 0 saturated heterocycles. The van der Waals surface area contributed by atoms with Gasteiger partial charge in [-0.2, -0.15) is 21.3 Å². The molecule has 10 heteroatoms. The zero-order valence-electron chi connectivity index (χ0n) is 16.3. The van der Waals surface area contributed by atoms with Crippen molar-refractivity contribution in [2.75, 3.05) is 17.2 Å². The van der Waals surface area contributed by atoms with Crippen molar-refractivity contribution < 1.29 is 5.11 Å². The molecule has 0 radical (unpaired) electrons. The molecule has 0 atom stereocenters. The Hall–Kier alpha value is -4.05. The summed E-state index contributed by atoms with van der Waals surface area (Å²) >= 11 is 1.61. The summed E-state index contributed by atoms with van der Waals surface area (Å²) in [6.07, 6.45) is 5.82. The first-order valence-electron chi connectivity index (χ1n) is 9.60. The highest BCUT2D eigenvalue weighted by molar-refractivity contribution is 7.08. The number of imidazole rings is 1. The van der Waals surface area contributed by atoms with Gasteiger partial charge in [-0.25, -0.2) is 15.0 Å². The third-order valence-electron chi connectivity index (χ3n) is 4.61. The van der Waals surface area contributed by atoms with E-state index in [-0.39, 0.29) is 5.75 Å². The van der Waals surface area contributed by atoms with E-state index in [0.717, 1.165) is 17.7 Å². The molecule has 3 N–H and O–H groups in total. The third-order valence-corrected chi connectivity index (χ3v) is 5.28. The number of nitrogens with zero attached hydrogens (tertiary/aromatic N) is 6. The molecule has 0 aliphatic heterocycles. The lowest BCUT2D eigenvalue weighted by Gasteiger charge is -2.10. The zero-order valence-corrected chi connectivity index (χ0v) is 17.1. The van der Waals surface area contributed by atoms with Crippen LogP contribution < -0.4 is 10.6 Å². The summed E-state index contributed by atoms with van der Waals surface area (Å²) in [7, 11) is 0. The molecule has 1 aromatic carbocycles. The molecular weight excluding hydrogens is 412 g/mol. The molecule has 0 saturated carbocycles. The van der Waals surface area contributed by atoms with E-state index in [2.05, 4.69) is 35.6 Å². The molecule has 0 spiro atoms. The Labute approximate surface area is 181 Å². The van der Waals surface area contributed by atoms with Gasteiger partial charge in [0.05, 0.1) is 5.69 Å². The van der Waals surface area contributed by atoms with Crippen LogP contribution in [0.5, 0.6) is 5.75 Å². The SMILES string of the molecule is Oc1ccc(CCNc2nc(Nc3ncccn3)nc3c2ncn3-c2ccsc2)cc1. The van der Waals surface area contributed by atoms with Crippen LogP contribution in [0.15, 0.2) is 65.9 Å². The summed E-state index contributed by atoms with van der Waals surface area (Å²) in [5.74, 6) is 1.67. The van der Waals surface area contributed by atoms with Gasteiger partial charge in [0, 0.05) is 24.3 Å². The first-order valence-corrected chi connectivity index (χ1v) is 10.5. The van der Waals surface area contributed by atoms with Crippen LogP contribution in [0.3, 0.4) is 0 Å². The van der Waals surface area contributed by atoms with Gasteiger partial charge in [-0.05, 0) is 41.6 Å². The highest BCUT2D eigenvalue weighted by Gasteiger charge is 2.15. The topological polar surface area (TPSA) is 114 Å². The van der Waals surface area contributed by atoms with Gasteiger partial charge in [-0.1, -0.05) is 12.1 Å². The number of nitrogens with one attached hydrogen (secondary N) is 2. The van der Waals surface area contributed by atoms with Gasteiger partial charge < -0.3 is 10.4 Å². The number of anilines is 3. The molecule has 0 aliphatic rings. The zero-order chi connectivity index (χ0) is 21.0. The first-order chi connectivity index (χ1) is 15.3. The van der Waals surface area contributed by atoms with Gasteiger partial charge >= 0.3 is 0 Å². The van der Waals surface area contributed by atoms with Crippen molar-refractivity contribution in [3.05, 3.63) is 71.4 Å². The van der Waals surface area contributed by atoms with E-state index < -0.39 is 0 Å². The summed E-state index contributed by atoms with van der Waals surface area (Å²) in [4.78, 5) is 22.2. The Balaban J connectivity index is 1.47. The number of phenols is 1. The van der Waals surface area contributed by atoms with Gasteiger partial charge in [0.1, 0.15) is 12.1 Å². The van der Waals surface area contributed by atoms with Gasteiger partial charge in [-0.3, -0.25) is 9.88 Å². The van der Waals surface area contributed by atoms with E-state index in [0.29, 0.717) is 35.4 Å². The summed E-state index contributed by atoms with van der Waals surface area (Å²) < 4.78 is 1.93. The Morgan fingerprint density at radius 3 is 2.58 bits per heavy atom. The van der Waals surface area contributed by atoms with Gasteiger partial charge in [0.2, 0.25) is 11.9 Å². The molecule has 31 heavy (non-hydrogen) atoms. The fourth-order valence-electron chi connectivity index (χ4n) is 3.11. The predicted molar refractivity (Wildman–Crippen MR) is 120 cm³/mol. The number of fused-ring (bicyclic) bond motifs is 1. The monoisotopic (exact) mass is 430 g/mol. The van der Waals surface area contributed by atoms with Crippen LogP contribution in [-0.4, -0.2) is 41.1 Å². The minimum atomic E-state index is 0.257. The van der Waals surface area contributed by atoms with Crippen LogP contribution in [0, 0.1) is 0 Å². The molecule has 0 unspecified atom stereocenters.